The number of aryl methyl sites for hydroxylation is 1. The second kappa shape index (κ2) is 6.41. The Kier molecular flexibility index (Phi) is 4.60. The molecule has 0 atom stereocenters. The number of aromatic nitrogens is 1. The lowest BCUT2D eigenvalue weighted by Gasteiger charge is -2.32. The van der Waals surface area contributed by atoms with E-state index >= 15 is 0 Å². The zero-order chi connectivity index (χ0) is 13.7. The van der Waals surface area contributed by atoms with Crippen molar-refractivity contribution in [2.24, 2.45) is 0 Å². The van der Waals surface area contributed by atoms with Crippen LogP contribution in [0.3, 0.4) is 0 Å². The van der Waals surface area contributed by atoms with E-state index in [1.807, 2.05) is 32.2 Å². The van der Waals surface area contributed by atoms with Crippen molar-refractivity contribution in [3.05, 3.63) is 24.0 Å². The predicted octanol–water partition coefficient (Wildman–Crippen LogP) is 2.42. The Morgan fingerprint density at radius 3 is 2.79 bits per heavy atom. The molecule has 0 bridgehead atoms. The lowest BCUT2D eigenvalue weighted by molar-refractivity contribution is 0.0983. The van der Waals surface area contributed by atoms with E-state index in [0.29, 0.717) is 12.6 Å². The summed E-state index contributed by atoms with van der Waals surface area (Å²) in [7, 11) is 0. The van der Waals surface area contributed by atoms with Crippen LogP contribution in [0, 0.1) is 6.92 Å². The first-order valence-corrected chi connectivity index (χ1v) is 6.80. The van der Waals surface area contributed by atoms with Gasteiger partial charge in [0.05, 0.1) is 18.5 Å². The van der Waals surface area contributed by atoms with Gasteiger partial charge in [0.2, 0.25) is 0 Å². The molecule has 19 heavy (non-hydrogen) atoms. The number of nitrogens with zero attached hydrogens (tertiary/aromatic N) is 2. The van der Waals surface area contributed by atoms with Crippen LogP contribution < -0.4 is 5.32 Å². The highest BCUT2D eigenvalue weighted by atomic mass is 16.6. The van der Waals surface area contributed by atoms with Crippen molar-refractivity contribution in [1.82, 2.24) is 9.88 Å². The van der Waals surface area contributed by atoms with E-state index in [4.69, 9.17) is 4.74 Å². The van der Waals surface area contributed by atoms with Gasteiger partial charge in [-0.15, -0.1) is 0 Å². The van der Waals surface area contributed by atoms with Gasteiger partial charge in [-0.05, 0) is 38.8 Å². The van der Waals surface area contributed by atoms with Crippen LogP contribution in [0.4, 0.5) is 10.5 Å². The number of hydrogen-bond acceptors (Lipinski definition) is 4. The fourth-order valence-corrected chi connectivity index (χ4v) is 2.21. The van der Waals surface area contributed by atoms with Crippen LogP contribution >= 0.6 is 0 Å². The van der Waals surface area contributed by atoms with E-state index in [1.54, 1.807) is 4.90 Å². The zero-order valence-electron chi connectivity index (χ0n) is 11.6. The Balaban J connectivity index is 1.80. The maximum Gasteiger partial charge on any atom is 0.409 e. The summed E-state index contributed by atoms with van der Waals surface area (Å²) in [5, 5.41) is 3.46. The number of amides is 1. The molecule has 1 amide bonds. The molecule has 0 unspecified atom stereocenters. The van der Waals surface area contributed by atoms with Gasteiger partial charge in [-0.1, -0.05) is 0 Å². The van der Waals surface area contributed by atoms with Crippen molar-refractivity contribution in [2.45, 2.75) is 32.7 Å². The standard InChI is InChI=1S/C14H21N3O2/c1-3-19-14(18)17-8-6-12(7-9-17)16-13-5-4-11(2)15-10-13/h4-5,10,12,16H,3,6-9H2,1-2H3. The Hall–Kier alpha value is -1.78. The van der Waals surface area contributed by atoms with Gasteiger partial charge in [-0.2, -0.15) is 0 Å². The third-order valence-electron chi connectivity index (χ3n) is 3.30. The largest absolute Gasteiger partial charge is 0.450 e. The molecular weight excluding hydrogens is 242 g/mol. The number of hydrogen-bond donors (Lipinski definition) is 1. The van der Waals surface area contributed by atoms with Gasteiger partial charge in [0, 0.05) is 24.8 Å². The summed E-state index contributed by atoms with van der Waals surface area (Å²) < 4.78 is 5.00. The van der Waals surface area contributed by atoms with Crippen LogP contribution in [-0.2, 0) is 4.74 Å². The van der Waals surface area contributed by atoms with Gasteiger partial charge in [-0.25, -0.2) is 4.79 Å². The minimum absolute atomic E-state index is 0.196. The van der Waals surface area contributed by atoms with Crippen molar-refractivity contribution in [3.8, 4) is 0 Å². The van der Waals surface area contributed by atoms with Gasteiger partial charge in [0.1, 0.15) is 0 Å². The summed E-state index contributed by atoms with van der Waals surface area (Å²) in [4.78, 5) is 17.6. The molecule has 5 heteroatoms. The molecule has 1 saturated heterocycles. The highest BCUT2D eigenvalue weighted by molar-refractivity contribution is 5.67. The van der Waals surface area contributed by atoms with Gasteiger partial charge in [0.15, 0.2) is 0 Å². The Morgan fingerprint density at radius 2 is 2.21 bits per heavy atom. The van der Waals surface area contributed by atoms with E-state index in [-0.39, 0.29) is 6.09 Å². The molecule has 1 aliphatic heterocycles. The molecule has 0 saturated carbocycles. The van der Waals surface area contributed by atoms with E-state index < -0.39 is 0 Å². The monoisotopic (exact) mass is 263 g/mol. The van der Waals surface area contributed by atoms with Crippen LogP contribution in [-0.4, -0.2) is 41.7 Å². The first kappa shape index (κ1) is 13.6. The number of pyridine rings is 1. The first-order valence-electron chi connectivity index (χ1n) is 6.80. The quantitative estimate of drug-likeness (QED) is 0.910. The third-order valence-corrected chi connectivity index (χ3v) is 3.30. The second-order valence-electron chi connectivity index (χ2n) is 4.79. The van der Waals surface area contributed by atoms with Crippen molar-refractivity contribution in [2.75, 3.05) is 25.0 Å². The summed E-state index contributed by atoms with van der Waals surface area (Å²) in [6.07, 6.45) is 3.53. The SMILES string of the molecule is CCOC(=O)N1CCC(Nc2ccc(C)nc2)CC1. The van der Waals surface area contributed by atoms with Crippen molar-refractivity contribution < 1.29 is 9.53 Å². The Morgan fingerprint density at radius 1 is 1.47 bits per heavy atom. The average Bonchev–Trinajstić information content (AvgIpc) is 2.42. The number of carbonyl (C=O) groups excluding carboxylic acids is 1. The maximum absolute atomic E-state index is 11.6. The van der Waals surface area contributed by atoms with Crippen molar-refractivity contribution >= 4 is 11.8 Å². The highest BCUT2D eigenvalue weighted by Crippen LogP contribution is 2.16. The topological polar surface area (TPSA) is 54.5 Å². The van der Waals surface area contributed by atoms with E-state index in [2.05, 4.69) is 10.3 Å². The van der Waals surface area contributed by atoms with Crippen LogP contribution in [0.2, 0.25) is 0 Å². The third kappa shape index (κ3) is 3.84. The minimum atomic E-state index is -0.196. The molecule has 0 radical (unpaired) electrons. The fourth-order valence-electron chi connectivity index (χ4n) is 2.21. The van der Waals surface area contributed by atoms with Gasteiger partial charge in [-0.3, -0.25) is 4.98 Å². The smallest absolute Gasteiger partial charge is 0.409 e. The number of nitrogens with one attached hydrogen (secondary N) is 1. The summed E-state index contributed by atoms with van der Waals surface area (Å²) in [5.74, 6) is 0. The van der Waals surface area contributed by atoms with Crippen LogP contribution in [0.1, 0.15) is 25.5 Å². The molecule has 0 aromatic carbocycles. The van der Waals surface area contributed by atoms with E-state index in [9.17, 15) is 4.79 Å². The number of ether oxygens (including phenoxy) is 1. The number of rotatable bonds is 3. The molecule has 0 spiro atoms. The molecule has 1 aliphatic rings. The molecule has 1 fully saturated rings. The van der Waals surface area contributed by atoms with Gasteiger partial charge < -0.3 is 15.0 Å². The van der Waals surface area contributed by atoms with Crippen molar-refractivity contribution in [1.29, 1.82) is 0 Å². The lowest BCUT2D eigenvalue weighted by atomic mass is 10.1. The maximum atomic E-state index is 11.6. The van der Waals surface area contributed by atoms with Crippen LogP contribution in [0.5, 0.6) is 0 Å². The van der Waals surface area contributed by atoms with Crippen LogP contribution in [0.15, 0.2) is 18.3 Å². The van der Waals surface area contributed by atoms with Crippen LogP contribution in [0.25, 0.3) is 0 Å². The molecule has 1 aromatic rings. The molecule has 2 heterocycles. The minimum Gasteiger partial charge on any atom is -0.450 e. The number of likely N-dealkylation sites (tertiary alicyclic amines) is 1. The Labute approximate surface area is 114 Å². The molecule has 104 valence electrons. The second-order valence-corrected chi connectivity index (χ2v) is 4.79. The van der Waals surface area contributed by atoms with Gasteiger partial charge >= 0.3 is 6.09 Å². The molecule has 2 rings (SSSR count). The zero-order valence-corrected chi connectivity index (χ0v) is 11.6. The number of anilines is 1. The van der Waals surface area contributed by atoms with E-state index in [1.165, 1.54) is 0 Å². The number of piperidine rings is 1. The summed E-state index contributed by atoms with van der Waals surface area (Å²) >= 11 is 0. The van der Waals surface area contributed by atoms with E-state index in [0.717, 1.165) is 37.3 Å². The Bertz CT molecular complexity index is 411. The normalized spacial score (nSPS) is 16.2. The molecular formula is C14H21N3O2. The number of carbonyl (C=O) groups is 1. The summed E-state index contributed by atoms with van der Waals surface area (Å²) in [6.45, 7) is 5.73. The molecule has 0 aliphatic carbocycles. The first-order chi connectivity index (χ1) is 9.19. The summed E-state index contributed by atoms with van der Waals surface area (Å²) in [6, 6.07) is 4.44. The molecule has 1 N–H and O–H groups in total. The predicted molar refractivity (Wildman–Crippen MR) is 74.2 cm³/mol. The molecule has 5 nitrogen and oxygen atoms in total. The van der Waals surface area contributed by atoms with Crippen molar-refractivity contribution in [3.63, 3.8) is 0 Å². The average molecular weight is 263 g/mol. The lowest BCUT2D eigenvalue weighted by Crippen LogP contribution is -2.42. The molecule has 1 aromatic heterocycles. The summed E-state index contributed by atoms with van der Waals surface area (Å²) in [5.41, 5.74) is 2.06. The highest BCUT2D eigenvalue weighted by Gasteiger charge is 2.23. The fraction of sp³-hybridized carbons (Fsp3) is 0.571. The van der Waals surface area contributed by atoms with Gasteiger partial charge in [0.25, 0.3) is 0 Å².